The summed E-state index contributed by atoms with van der Waals surface area (Å²) in [5.74, 6) is 0.327. The summed E-state index contributed by atoms with van der Waals surface area (Å²) in [4.78, 5) is 12.4. The smallest absolute Gasteiger partial charge is 0.167 e. The van der Waals surface area contributed by atoms with Crippen molar-refractivity contribution in [2.24, 2.45) is 5.92 Å². The fourth-order valence-corrected chi connectivity index (χ4v) is 2.56. The number of Topliss-reactive ketones (excluding diaryl/α,β-unsaturated/α-hetero) is 1. The largest absolute Gasteiger partial charge is 0.385 e. The summed E-state index contributed by atoms with van der Waals surface area (Å²) in [7, 11) is 1.67. The average molecular weight is 228 g/mol. The van der Waals surface area contributed by atoms with Gasteiger partial charge in [-0.1, -0.05) is 6.92 Å². The molecule has 1 saturated carbocycles. The van der Waals surface area contributed by atoms with Crippen molar-refractivity contribution in [2.75, 3.05) is 20.3 Å². The first-order valence-corrected chi connectivity index (χ1v) is 6.33. The van der Waals surface area contributed by atoms with Gasteiger partial charge in [-0.3, -0.25) is 4.79 Å². The molecule has 1 atom stereocenters. The maximum absolute atomic E-state index is 12.4. The molecule has 0 aromatic carbocycles. The van der Waals surface area contributed by atoms with Crippen LogP contribution in [0.4, 0.5) is 0 Å². The van der Waals surface area contributed by atoms with E-state index in [-0.39, 0.29) is 11.7 Å². The number of methoxy groups -OCH3 is 1. The normalized spacial score (nSPS) is 20.9. The highest BCUT2D eigenvalue weighted by Crippen LogP contribution is 2.36. The first kappa shape index (κ1) is 13.7. The van der Waals surface area contributed by atoms with Gasteiger partial charge in [0.05, 0.1) is 0 Å². The van der Waals surface area contributed by atoms with Gasteiger partial charge in [0, 0.05) is 26.2 Å². The molecule has 0 saturated heterocycles. The molecule has 1 rings (SSSR count). The molecule has 16 heavy (non-hydrogen) atoms. The van der Waals surface area contributed by atoms with Gasteiger partial charge in [-0.05, 0) is 39.0 Å². The first-order valence-electron chi connectivity index (χ1n) is 6.33. The van der Waals surface area contributed by atoms with Gasteiger partial charge in [-0.15, -0.1) is 0 Å². The zero-order chi connectivity index (χ0) is 12.0. The standard InChI is InChI=1S/C13H24O3/c1-4-16-13(8-5-6-9-13)12(14)11(2)7-10-15-3/h11H,4-10H2,1-3H3. The summed E-state index contributed by atoms with van der Waals surface area (Å²) in [6, 6.07) is 0. The van der Waals surface area contributed by atoms with E-state index in [0.29, 0.717) is 13.2 Å². The van der Waals surface area contributed by atoms with Crippen LogP contribution in [0.1, 0.15) is 46.0 Å². The second-order valence-electron chi connectivity index (χ2n) is 4.68. The fraction of sp³-hybridized carbons (Fsp3) is 0.923. The van der Waals surface area contributed by atoms with Crippen molar-refractivity contribution < 1.29 is 14.3 Å². The van der Waals surface area contributed by atoms with Crippen LogP contribution in [0.3, 0.4) is 0 Å². The molecule has 0 aromatic rings. The molecule has 0 aromatic heterocycles. The predicted molar refractivity (Wildman–Crippen MR) is 63.5 cm³/mol. The van der Waals surface area contributed by atoms with Crippen LogP contribution in [0, 0.1) is 5.92 Å². The molecule has 94 valence electrons. The molecule has 1 aliphatic carbocycles. The number of ketones is 1. The van der Waals surface area contributed by atoms with Gasteiger partial charge < -0.3 is 9.47 Å². The second-order valence-corrected chi connectivity index (χ2v) is 4.68. The van der Waals surface area contributed by atoms with Crippen LogP contribution in [0.2, 0.25) is 0 Å². The van der Waals surface area contributed by atoms with Gasteiger partial charge >= 0.3 is 0 Å². The number of carbonyl (C=O) groups is 1. The average Bonchev–Trinajstić information content (AvgIpc) is 2.75. The van der Waals surface area contributed by atoms with Crippen LogP contribution in [-0.2, 0) is 14.3 Å². The van der Waals surface area contributed by atoms with Crippen molar-refractivity contribution in [3.8, 4) is 0 Å². The SMILES string of the molecule is CCOC1(C(=O)C(C)CCOC)CCCC1. The lowest BCUT2D eigenvalue weighted by Crippen LogP contribution is -2.42. The minimum Gasteiger partial charge on any atom is -0.385 e. The number of rotatable bonds is 7. The molecule has 0 radical (unpaired) electrons. The molecule has 0 N–H and O–H groups in total. The molecule has 0 amide bonds. The summed E-state index contributed by atoms with van der Waals surface area (Å²) in [6.07, 6.45) is 4.82. The maximum Gasteiger partial charge on any atom is 0.167 e. The number of hydrogen-bond donors (Lipinski definition) is 0. The summed E-state index contributed by atoms with van der Waals surface area (Å²) in [5.41, 5.74) is -0.470. The van der Waals surface area contributed by atoms with Gasteiger partial charge in [0.25, 0.3) is 0 Å². The molecule has 3 heteroatoms. The molecule has 3 nitrogen and oxygen atoms in total. The monoisotopic (exact) mass is 228 g/mol. The minimum atomic E-state index is -0.470. The Balaban J connectivity index is 2.60. The van der Waals surface area contributed by atoms with Crippen molar-refractivity contribution in [1.29, 1.82) is 0 Å². The predicted octanol–water partition coefficient (Wildman–Crippen LogP) is 2.58. The molecule has 1 fully saturated rings. The highest BCUT2D eigenvalue weighted by atomic mass is 16.5. The number of ether oxygens (including phenoxy) is 2. The summed E-state index contributed by atoms with van der Waals surface area (Å²) < 4.78 is 10.8. The van der Waals surface area contributed by atoms with Crippen molar-refractivity contribution in [3.05, 3.63) is 0 Å². The lowest BCUT2D eigenvalue weighted by molar-refractivity contribution is -0.148. The molecule has 0 spiro atoms. The Hall–Kier alpha value is -0.410. The zero-order valence-corrected chi connectivity index (χ0v) is 10.8. The van der Waals surface area contributed by atoms with Crippen molar-refractivity contribution in [1.82, 2.24) is 0 Å². The third-order valence-corrected chi connectivity index (χ3v) is 3.48. The highest BCUT2D eigenvalue weighted by Gasteiger charge is 2.43. The van der Waals surface area contributed by atoms with Gasteiger partial charge in [-0.2, -0.15) is 0 Å². The van der Waals surface area contributed by atoms with E-state index in [9.17, 15) is 4.79 Å². The Morgan fingerprint density at radius 1 is 1.38 bits per heavy atom. The molecule has 0 aliphatic heterocycles. The Morgan fingerprint density at radius 3 is 2.50 bits per heavy atom. The third kappa shape index (κ3) is 3.05. The van der Waals surface area contributed by atoms with Crippen LogP contribution in [0.15, 0.2) is 0 Å². The van der Waals surface area contributed by atoms with E-state index in [0.717, 1.165) is 32.1 Å². The van der Waals surface area contributed by atoms with Crippen LogP contribution in [-0.4, -0.2) is 31.7 Å². The van der Waals surface area contributed by atoms with Gasteiger partial charge in [-0.25, -0.2) is 0 Å². The van der Waals surface area contributed by atoms with Crippen LogP contribution < -0.4 is 0 Å². The Bertz CT molecular complexity index is 219. The molecule has 0 bridgehead atoms. The summed E-state index contributed by atoms with van der Waals surface area (Å²) in [5, 5.41) is 0. The third-order valence-electron chi connectivity index (χ3n) is 3.48. The number of hydrogen-bond acceptors (Lipinski definition) is 3. The highest BCUT2D eigenvalue weighted by molar-refractivity contribution is 5.89. The van der Waals surface area contributed by atoms with Gasteiger partial charge in [0.2, 0.25) is 0 Å². The topological polar surface area (TPSA) is 35.5 Å². The van der Waals surface area contributed by atoms with E-state index in [1.54, 1.807) is 7.11 Å². The van der Waals surface area contributed by atoms with E-state index < -0.39 is 5.60 Å². The summed E-state index contributed by atoms with van der Waals surface area (Å²) in [6.45, 7) is 5.23. The Kier molecular flexibility index (Phi) is 5.42. The van der Waals surface area contributed by atoms with Gasteiger partial charge in [0.1, 0.15) is 5.60 Å². The molecular weight excluding hydrogens is 204 g/mol. The Labute approximate surface area is 98.5 Å². The molecular formula is C13H24O3. The van der Waals surface area contributed by atoms with E-state index >= 15 is 0 Å². The lowest BCUT2D eigenvalue weighted by atomic mass is 9.86. The molecule has 1 unspecified atom stereocenters. The summed E-state index contributed by atoms with van der Waals surface area (Å²) >= 11 is 0. The van der Waals surface area contributed by atoms with Crippen molar-refractivity contribution in [2.45, 2.75) is 51.6 Å². The molecule has 1 aliphatic rings. The fourth-order valence-electron chi connectivity index (χ4n) is 2.56. The minimum absolute atomic E-state index is 0.0459. The van der Waals surface area contributed by atoms with E-state index in [4.69, 9.17) is 9.47 Å². The van der Waals surface area contributed by atoms with Crippen LogP contribution in [0.25, 0.3) is 0 Å². The first-order chi connectivity index (χ1) is 7.66. The Morgan fingerprint density at radius 2 is 2.00 bits per heavy atom. The van der Waals surface area contributed by atoms with Crippen molar-refractivity contribution >= 4 is 5.78 Å². The van der Waals surface area contributed by atoms with E-state index in [2.05, 4.69) is 0 Å². The van der Waals surface area contributed by atoms with Gasteiger partial charge in [0.15, 0.2) is 5.78 Å². The van der Waals surface area contributed by atoms with E-state index in [1.807, 2.05) is 13.8 Å². The zero-order valence-electron chi connectivity index (χ0n) is 10.8. The maximum atomic E-state index is 12.4. The lowest BCUT2D eigenvalue weighted by Gasteiger charge is -2.30. The van der Waals surface area contributed by atoms with Crippen molar-refractivity contribution in [3.63, 3.8) is 0 Å². The van der Waals surface area contributed by atoms with E-state index in [1.165, 1.54) is 0 Å². The number of carbonyl (C=O) groups excluding carboxylic acids is 1. The quantitative estimate of drug-likeness (QED) is 0.672. The molecule has 0 heterocycles. The van der Waals surface area contributed by atoms with Crippen LogP contribution in [0.5, 0.6) is 0 Å². The van der Waals surface area contributed by atoms with Crippen LogP contribution >= 0.6 is 0 Å². The second kappa shape index (κ2) is 6.36.